The summed E-state index contributed by atoms with van der Waals surface area (Å²) in [5, 5.41) is 1.49. The molecule has 0 bridgehead atoms. The summed E-state index contributed by atoms with van der Waals surface area (Å²) in [5.41, 5.74) is 2.25. The lowest BCUT2D eigenvalue weighted by atomic mass is 10.2. The zero-order valence-corrected chi connectivity index (χ0v) is 11.1. The first-order valence-electron chi connectivity index (χ1n) is 6.66. The average Bonchev–Trinajstić information content (AvgIpc) is 3.12. The Balaban J connectivity index is 1.68. The molecule has 4 rings (SSSR count). The van der Waals surface area contributed by atoms with Crippen LogP contribution in [-0.4, -0.2) is 4.98 Å². The molecule has 0 unspecified atom stereocenters. The van der Waals surface area contributed by atoms with E-state index in [2.05, 4.69) is 4.98 Å². The number of benzene rings is 2. The fourth-order valence-corrected chi connectivity index (χ4v) is 2.55. The maximum absolute atomic E-state index is 13.9. The number of furan rings is 1. The maximum Gasteiger partial charge on any atom is 0.137 e. The van der Waals surface area contributed by atoms with Crippen LogP contribution in [0.15, 0.2) is 59.3 Å². The largest absolute Gasteiger partial charge is 0.488 e. The second-order valence-electron chi connectivity index (χ2n) is 4.86. The lowest BCUT2D eigenvalue weighted by Crippen LogP contribution is -1.95. The molecule has 0 atom stereocenters. The zero-order chi connectivity index (χ0) is 14.2. The van der Waals surface area contributed by atoms with Crippen molar-refractivity contribution in [3.05, 3.63) is 66.3 Å². The van der Waals surface area contributed by atoms with E-state index < -0.39 is 0 Å². The summed E-state index contributed by atoms with van der Waals surface area (Å²) >= 11 is 0. The Labute approximate surface area is 119 Å². The standard InChI is InChI=1S/C17H12FNO2/c18-13-3-1-6-16-17(13)11(10-21-16)9-20-15-5-2-4-14-12(15)7-8-19-14/h1-8,10,19H,9H2. The average molecular weight is 281 g/mol. The number of fused-ring (bicyclic) bond motifs is 2. The first-order chi connectivity index (χ1) is 10.3. The van der Waals surface area contributed by atoms with Crippen LogP contribution in [0.3, 0.4) is 0 Å². The van der Waals surface area contributed by atoms with Crippen LogP contribution in [0, 0.1) is 5.82 Å². The Morgan fingerprint density at radius 1 is 1.10 bits per heavy atom. The molecule has 0 saturated carbocycles. The minimum Gasteiger partial charge on any atom is -0.488 e. The summed E-state index contributed by atoms with van der Waals surface area (Å²) in [4.78, 5) is 3.13. The van der Waals surface area contributed by atoms with E-state index in [9.17, 15) is 4.39 Å². The number of ether oxygens (including phenoxy) is 1. The van der Waals surface area contributed by atoms with Gasteiger partial charge in [-0.15, -0.1) is 0 Å². The lowest BCUT2D eigenvalue weighted by Gasteiger charge is -2.06. The van der Waals surface area contributed by atoms with Gasteiger partial charge < -0.3 is 14.1 Å². The van der Waals surface area contributed by atoms with E-state index in [1.165, 1.54) is 6.07 Å². The molecule has 0 amide bonds. The maximum atomic E-state index is 13.9. The van der Waals surface area contributed by atoms with Gasteiger partial charge >= 0.3 is 0 Å². The number of halogens is 1. The molecular formula is C17H12FNO2. The van der Waals surface area contributed by atoms with E-state index in [1.807, 2.05) is 30.5 Å². The van der Waals surface area contributed by atoms with Crippen LogP contribution in [0.25, 0.3) is 21.9 Å². The van der Waals surface area contributed by atoms with Gasteiger partial charge in [0.05, 0.1) is 11.6 Å². The highest BCUT2D eigenvalue weighted by atomic mass is 19.1. The molecule has 1 N–H and O–H groups in total. The van der Waals surface area contributed by atoms with E-state index >= 15 is 0 Å². The van der Waals surface area contributed by atoms with Gasteiger partial charge in [-0.05, 0) is 30.3 Å². The molecule has 2 aromatic heterocycles. The van der Waals surface area contributed by atoms with Crippen molar-refractivity contribution >= 4 is 21.9 Å². The van der Waals surface area contributed by atoms with Crippen molar-refractivity contribution in [2.75, 3.05) is 0 Å². The summed E-state index contributed by atoms with van der Waals surface area (Å²) in [7, 11) is 0. The number of hydrogen-bond acceptors (Lipinski definition) is 2. The molecule has 0 spiro atoms. The van der Waals surface area contributed by atoms with Crippen molar-refractivity contribution in [3.63, 3.8) is 0 Å². The predicted molar refractivity (Wildman–Crippen MR) is 78.8 cm³/mol. The van der Waals surface area contributed by atoms with E-state index in [1.54, 1.807) is 18.4 Å². The third-order valence-corrected chi connectivity index (χ3v) is 3.56. The van der Waals surface area contributed by atoms with Gasteiger partial charge in [0.25, 0.3) is 0 Å². The molecule has 3 nitrogen and oxygen atoms in total. The summed E-state index contributed by atoms with van der Waals surface area (Å²) in [6, 6.07) is 12.6. The molecule has 2 heterocycles. The quantitative estimate of drug-likeness (QED) is 0.594. The van der Waals surface area contributed by atoms with E-state index in [0.29, 0.717) is 16.5 Å². The van der Waals surface area contributed by atoms with Gasteiger partial charge in [0, 0.05) is 22.7 Å². The van der Waals surface area contributed by atoms with Gasteiger partial charge in [-0.1, -0.05) is 12.1 Å². The molecular weight excluding hydrogens is 269 g/mol. The van der Waals surface area contributed by atoms with Gasteiger partial charge in [0.1, 0.15) is 23.8 Å². The molecule has 4 heteroatoms. The number of H-pyrrole nitrogens is 1. The highest BCUT2D eigenvalue weighted by molar-refractivity contribution is 5.86. The molecule has 0 saturated heterocycles. The van der Waals surface area contributed by atoms with Crippen molar-refractivity contribution in [1.82, 2.24) is 4.98 Å². The number of hydrogen-bond donors (Lipinski definition) is 1. The van der Waals surface area contributed by atoms with Crippen molar-refractivity contribution in [3.8, 4) is 5.75 Å². The van der Waals surface area contributed by atoms with Gasteiger partial charge in [-0.25, -0.2) is 4.39 Å². The topological polar surface area (TPSA) is 38.2 Å². The molecule has 2 aromatic carbocycles. The second-order valence-corrected chi connectivity index (χ2v) is 4.86. The molecule has 0 radical (unpaired) electrons. The molecule has 21 heavy (non-hydrogen) atoms. The van der Waals surface area contributed by atoms with Crippen LogP contribution in [-0.2, 0) is 6.61 Å². The summed E-state index contributed by atoms with van der Waals surface area (Å²) in [5.74, 6) is 0.471. The van der Waals surface area contributed by atoms with Gasteiger partial charge in [0.2, 0.25) is 0 Å². The number of nitrogens with one attached hydrogen (secondary N) is 1. The van der Waals surface area contributed by atoms with Crippen molar-refractivity contribution in [2.24, 2.45) is 0 Å². The van der Waals surface area contributed by atoms with E-state index in [0.717, 1.165) is 16.7 Å². The highest BCUT2D eigenvalue weighted by Gasteiger charge is 2.11. The lowest BCUT2D eigenvalue weighted by molar-refractivity contribution is 0.309. The number of aromatic nitrogens is 1. The first-order valence-corrected chi connectivity index (χ1v) is 6.66. The Kier molecular flexibility index (Phi) is 2.67. The molecule has 4 aromatic rings. The van der Waals surface area contributed by atoms with Crippen molar-refractivity contribution < 1.29 is 13.5 Å². The normalized spacial score (nSPS) is 11.3. The third-order valence-electron chi connectivity index (χ3n) is 3.56. The third kappa shape index (κ3) is 1.96. The molecule has 0 aliphatic rings. The Hall–Kier alpha value is -2.75. The van der Waals surface area contributed by atoms with Crippen LogP contribution in [0.4, 0.5) is 4.39 Å². The van der Waals surface area contributed by atoms with Crippen molar-refractivity contribution in [1.29, 1.82) is 0 Å². The minimum absolute atomic E-state index is 0.262. The molecule has 104 valence electrons. The minimum atomic E-state index is -0.292. The fraction of sp³-hybridized carbons (Fsp3) is 0.0588. The van der Waals surface area contributed by atoms with E-state index in [-0.39, 0.29) is 12.4 Å². The molecule has 0 aliphatic heterocycles. The zero-order valence-electron chi connectivity index (χ0n) is 11.1. The summed E-state index contributed by atoms with van der Waals surface area (Å²) in [6.07, 6.45) is 3.41. The summed E-state index contributed by atoms with van der Waals surface area (Å²) < 4.78 is 25.1. The van der Waals surface area contributed by atoms with E-state index in [4.69, 9.17) is 9.15 Å². The smallest absolute Gasteiger partial charge is 0.137 e. The SMILES string of the molecule is Fc1cccc2occ(COc3cccc4[nH]ccc34)c12. The molecule has 0 aliphatic carbocycles. The Morgan fingerprint density at radius 2 is 2.00 bits per heavy atom. The van der Waals surface area contributed by atoms with Crippen LogP contribution in [0.5, 0.6) is 5.75 Å². The van der Waals surface area contributed by atoms with Gasteiger partial charge in [-0.3, -0.25) is 0 Å². The van der Waals surface area contributed by atoms with Crippen molar-refractivity contribution in [2.45, 2.75) is 6.61 Å². The molecule has 0 fully saturated rings. The Morgan fingerprint density at radius 3 is 2.95 bits per heavy atom. The van der Waals surface area contributed by atoms with Gasteiger partial charge in [0.15, 0.2) is 0 Å². The van der Waals surface area contributed by atoms with Crippen LogP contribution >= 0.6 is 0 Å². The highest BCUT2D eigenvalue weighted by Crippen LogP contribution is 2.28. The fourth-order valence-electron chi connectivity index (χ4n) is 2.55. The van der Waals surface area contributed by atoms with Crippen LogP contribution in [0.1, 0.15) is 5.56 Å². The second kappa shape index (κ2) is 4.66. The Bertz CT molecular complexity index is 923. The van der Waals surface area contributed by atoms with Gasteiger partial charge in [-0.2, -0.15) is 0 Å². The summed E-state index contributed by atoms with van der Waals surface area (Å²) in [6.45, 7) is 0.262. The van der Waals surface area contributed by atoms with Crippen LogP contribution in [0.2, 0.25) is 0 Å². The first kappa shape index (κ1) is 12.0. The number of aromatic amines is 1. The monoisotopic (exact) mass is 281 g/mol. The van der Waals surface area contributed by atoms with Crippen LogP contribution < -0.4 is 4.74 Å². The predicted octanol–water partition coefficient (Wildman–Crippen LogP) is 4.63. The number of rotatable bonds is 3.